The number of nitrogens with zero attached hydrogens (tertiary/aromatic N) is 2. The zero-order valence-electron chi connectivity index (χ0n) is 11.8. The van der Waals surface area contributed by atoms with Gasteiger partial charge < -0.3 is 5.32 Å². The van der Waals surface area contributed by atoms with Crippen molar-refractivity contribution in [1.29, 1.82) is 0 Å². The topological polar surface area (TPSA) is 92.5 Å². The molecule has 1 aromatic carbocycles. The van der Waals surface area contributed by atoms with E-state index in [1.807, 2.05) is 6.92 Å². The van der Waals surface area contributed by atoms with Gasteiger partial charge in [0.05, 0.1) is 9.82 Å². The van der Waals surface area contributed by atoms with Crippen LogP contribution in [-0.2, 0) is 10.0 Å². The Balaban J connectivity index is 3.29. The highest BCUT2D eigenvalue weighted by atomic mass is 32.2. The van der Waals surface area contributed by atoms with E-state index in [0.29, 0.717) is 19.5 Å². The Bertz CT molecular complexity index is 586. The van der Waals surface area contributed by atoms with E-state index in [2.05, 4.69) is 5.32 Å². The molecule has 0 unspecified atom stereocenters. The van der Waals surface area contributed by atoms with E-state index in [1.54, 1.807) is 6.92 Å². The summed E-state index contributed by atoms with van der Waals surface area (Å²) in [6, 6.07) is 3.77. The van der Waals surface area contributed by atoms with E-state index in [1.165, 1.54) is 29.6 Å². The van der Waals surface area contributed by atoms with Gasteiger partial charge in [-0.05, 0) is 18.6 Å². The molecule has 0 atom stereocenters. The molecule has 8 heteroatoms. The average Bonchev–Trinajstić information content (AvgIpc) is 2.43. The first kappa shape index (κ1) is 16.4. The van der Waals surface area contributed by atoms with Gasteiger partial charge in [-0.1, -0.05) is 13.8 Å². The molecule has 0 amide bonds. The first-order valence-electron chi connectivity index (χ1n) is 6.34. The van der Waals surface area contributed by atoms with Crippen LogP contribution in [0.5, 0.6) is 0 Å². The summed E-state index contributed by atoms with van der Waals surface area (Å²) in [5.41, 5.74) is 0.0358. The average molecular weight is 301 g/mol. The van der Waals surface area contributed by atoms with Crippen molar-refractivity contribution in [3.8, 4) is 0 Å². The van der Waals surface area contributed by atoms with Gasteiger partial charge in [0.15, 0.2) is 0 Å². The van der Waals surface area contributed by atoms with Crippen LogP contribution in [0.1, 0.15) is 20.3 Å². The lowest BCUT2D eigenvalue weighted by Gasteiger charge is -2.20. The lowest BCUT2D eigenvalue weighted by molar-refractivity contribution is -0.384. The fourth-order valence-electron chi connectivity index (χ4n) is 1.88. The van der Waals surface area contributed by atoms with E-state index in [0.717, 1.165) is 0 Å². The van der Waals surface area contributed by atoms with Gasteiger partial charge in [0.2, 0.25) is 10.0 Å². The van der Waals surface area contributed by atoms with Crippen molar-refractivity contribution in [3.05, 3.63) is 28.3 Å². The highest BCUT2D eigenvalue weighted by Gasteiger charge is 2.25. The van der Waals surface area contributed by atoms with Crippen LogP contribution >= 0.6 is 0 Å². The molecule has 0 fully saturated rings. The fourth-order valence-corrected chi connectivity index (χ4v) is 3.45. The van der Waals surface area contributed by atoms with Gasteiger partial charge in [-0.2, -0.15) is 4.31 Å². The largest absolute Gasteiger partial charge is 0.383 e. The summed E-state index contributed by atoms with van der Waals surface area (Å²) in [5, 5.41) is 13.5. The van der Waals surface area contributed by atoms with E-state index >= 15 is 0 Å². The predicted octanol–water partition coefficient (Wildman–Crippen LogP) is 2.06. The second kappa shape index (κ2) is 6.67. The number of nitrogens with one attached hydrogen (secondary N) is 1. The molecule has 0 aliphatic heterocycles. The van der Waals surface area contributed by atoms with Crippen LogP contribution in [-0.4, -0.2) is 37.8 Å². The molecule has 0 bridgehead atoms. The molecule has 1 rings (SSSR count). The highest BCUT2D eigenvalue weighted by Crippen LogP contribution is 2.28. The van der Waals surface area contributed by atoms with E-state index < -0.39 is 14.9 Å². The van der Waals surface area contributed by atoms with Crippen molar-refractivity contribution in [2.75, 3.05) is 25.5 Å². The van der Waals surface area contributed by atoms with Gasteiger partial charge >= 0.3 is 0 Å². The predicted molar refractivity (Wildman–Crippen MR) is 77.4 cm³/mol. The third kappa shape index (κ3) is 3.26. The molecule has 20 heavy (non-hydrogen) atoms. The summed E-state index contributed by atoms with van der Waals surface area (Å²) >= 11 is 0. The van der Waals surface area contributed by atoms with Crippen LogP contribution in [0.25, 0.3) is 0 Å². The minimum Gasteiger partial charge on any atom is -0.383 e. The first-order valence-corrected chi connectivity index (χ1v) is 7.78. The lowest BCUT2D eigenvalue weighted by Crippen LogP contribution is -2.31. The summed E-state index contributed by atoms with van der Waals surface area (Å²) in [6.07, 6.45) is 0.707. The van der Waals surface area contributed by atoms with Crippen LogP contribution in [0, 0.1) is 10.1 Å². The third-order valence-electron chi connectivity index (χ3n) is 2.90. The Kier molecular flexibility index (Phi) is 5.46. The van der Waals surface area contributed by atoms with Crippen molar-refractivity contribution >= 4 is 21.4 Å². The van der Waals surface area contributed by atoms with Gasteiger partial charge in [0.25, 0.3) is 5.69 Å². The van der Waals surface area contributed by atoms with Crippen molar-refractivity contribution in [2.45, 2.75) is 25.2 Å². The molecule has 0 saturated heterocycles. The molecule has 0 radical (unpaired) electrons. The van der Waals surface area contributed by atoms with Gasteiger partial charge in [-0.3, -0.25) is 10.1 Å². The van der Waals surface area contributed by atoms with Crippen molar-refractivity contribution < 1.29 is 13.3 Å². The normalized spacial score (nSPS) is 11.6. The standard InChI is InChI=1S/C12H19N3O4S/c1-4-8-14(5-2)20(18,19)10-6-7-12(15(16)17)11(9-10)13-3/h6-7,9,13H,4-5,8H2,1-3H3. The number of benzene rings is 1. The number of sulfonamides is 1. The van der Waals surface area contributed by atoms with Gasteiger partial charge in [0.1, 0.15) is 5.69 Å². The zero-order chi connectivity index (χ0) is 15.3. The lowest BCUT2D eigenvalue weighted by atomic mass is 10.3. The molecule has 112 valence electrons. The van der Waals surface area contributed by atoms with E-state index in [4.69, 9.17) is 0 Å². The van der Waals surface area contributed by atoms with Crippen molar-refractivity contribution in [2.24, 2.45) is 0 Å². The van der Waals surface area contributed by atoms with Crippen LogP contribution in [0.4, 0.5) is 11.4 Å². The molecule has 0 heterocycles. The summed E-state index contributed by atoms with van der Waals surface area (Å²) < 4.78 is 26.2. The number of hydrogen-bond acceptors (Lipinski definition) is 5. The molecule has 0 aromatic heterocycles. The maximum atomic E-state index is 12.4. The molecule has 0 spiro atoms. The minimum absolute atomic E-state index is 0.0581. The van der Waals surface area contributed by atoms with Crippen LogP contribution < -0.4 is 5.32 Å². The number of nitro benzene ring substituents is 1. The molecule has 0 saturated carbocycles. The molecular formula is C12H19N3O4S. The Hall–Kier alpha value is -1.67. The van der Waals surface area contributed by atoms with E-state index in [9.17, 15) is 18.5 Å². The second-order valence-corrected chi connectivity index (χ2v) is 6.12. The quantitative estimate of drug-likeness (QED) is 0.614. The van der Waals surface area contributed by atoms with E-state index in [-0.39, 0.29) is 16.3 Å². The van der Waals surface area contributed by atoms with Crippen LogP contribution in [0.2, 0.25) is 0 Å². The molecular weight excluding hydrogens is 282 g/mol. The molecule has 1 aromatic rings. The van der Waals surface area contributed by atoms with Gasteiger partial charge in [-0.25, -0.2) is 8.42 Å². The summed E-state index contributed by atoms with van der Waals surface area (Å²) in [5.74, 6) is 0. The monoisotopic (exact) mass is 301 g/mol. The van der Waals surface area contributed by atoms with Gasteiger partial charge in [0, 0.05) is 26.2 Å². The SMILES string of the molecule is CCCN(CC)S(=O)(=O)c1ccc([N+](=O)[O-])c(NC)c1. The maximum Gasteiger partial charge on any atom is 0.292 e. The third-order valence-corrected chi connectivity index (χ3v) is 4.87. The first-order chi connectivity index (χ1) is 9.38. The van der Waals surface area contributed by atoms with Crippen LogP contribution in [0.15, 0.2) is 23.1 Å². The summed E-state index contributed by atoms with van der Waals surface area (Å²) in [6.45, 7) is 4.44. The van der Waals surface area contributed by atoms with Crippen molar-refractivity contribution in [1.82, 2.24) is 4.31 Å². The Morgan fingerprint density at radius 3 is 2.45 bits per heavy atom. The number of nitro groups is 1. The highest BCUT2D eigenvalue weighted by molar-refractivity contribution is 7.89. The summed E-state index contributed by atoms with van der Waals surface area (Å²) in [7, 11) is -2.10. The number of rotatable bonds is 7. The Labute approximate surface area is 118 Å². The molecule has 1 N–H and O–H groups in total. The Morgan fingerprint density at radius 2 is 2.00 bits per heavy atom. The summed E-state index contributed by atoms with van der Waals surface area (Å²) in [4.78, 5) is 10.3. The minimum atomic E-state index is -3.62. The molecule has 0 aliphatic rings. The number of hydrogen-bond donors (Lipinski definition) is 1. The second-order valence-electron chi connectivity index (χ2n) is 4.18. The number of anilines is 1. The fraction of sp³-hybridized carbons (Fsp3) is 0.500. The molecule has 7 nitrogen and oxygen atoms in total. The zero-order valence-corrected chi connectivity index (χ0v) is 12.6. The van der Waals surface area contributed by atoms with Crippen molar-refractivity contribution in [3.63, 3.8) is 0 Å². The molecule has 0 aliphatic carbocycles. The Morgan fingerprint density at radius 1 is 1.35 bits per heavy atom. The van der Waals surface area contributed by atoms with Gasteiger partial charge in [-0.15, -0.1) is 0 Å². The van der Waals surface area contributed by atoms with Crippen LogP contribution in [0.3, 0.4) is 0 Å². The smallest absolute Gasteiger partial charge is 0.292 e. The maximum absolute atomic E-state index is 12.4.